The minimum atomic E-state index is -1.31. The van der Waals surface area contributed by atoms with Gasteiger partial charge in [-0.05, 0) is 159 Å². The lowest BCUT2D eigenvalue weighted by molar-refractivity contribution is -0.248. The Kier molecular flexibility index (Phi) is 20.8. The Morgan fingerprint density at radius 3 is 1.97 bits per heavy atom. The lowest BCUT2D eigenvalue weighted by Crippen LogP contribution is -2.42. The number of aryl methyl sites for hydroxylation is 3. The van der Waals surface area contributed by atoms with E-state index in [2.05, 4.69) is 50.8 Å². The molecule has 7 nitrogen and oxygen atoms in total. The van der Waals surface area contributed by atoms with Gasteiger partial charge in [-0.2, -0.15) is 0 Å². The molecular weight excluding hydrogens is 792 g/mol. The van der Waals surface area contributed by atoms with Gasteiger partial charge in [-0.15, -0.1) is 0 Å². The maximum Gasteiger partial charge on any atom is 0.176 e. The van der Waals surface area contributed by atoms with E-state index in [1.54, 1.807) is 19.9 Å². The number of hydrogen-bond donors (Lipinski definition) is 4. The Labute approximate surface area is 380 Å². The zero-order valence-electron chi connectivity index (χ0n) is 40.3. The second-order valence-corrected chi connectivity index (χ2v) is 19.8. The molecule has 1 aliphatic rings. The molecule has 2 unspecified atom stereocenters. The van der Waals surface area contributed by atoms with E-state index < -0.39 is 22.9 Å². The van der Waals surface area contributed by atoms with Crippen molar-refractivity contribution in [1.82, 2.24) is 0 Å². The molecule has 4 rings (SSSR count). The average Bonchev–Trinajstić information content (AvgIpc) is 3.26. The summed E-state index contributed by atoms with van der Waals surface area (Å²) < 4.78 is 34.5. The van der Waals surface area contributed by atoms with Crippen LogP contribution in [-0.4, -0.2) is 65.5 Å². The highest BCUT2D eigenvalue weighted by Gasteiger charge is 2.36. The van der Waals surface area contributed by atoms with Crippen molar-refractivity contribution in [3.8, 4) is 28.0 Å². The van der Waals surface area contributed by atoms with E-state index >= 15 is 4.39 Å². The summed E-state index contributed by atoms with van der Waals surface area (Å²) in [5, 5.41) is 42.0. The molecule has 0 aromatic heterocycles. The summed E-state index contributed by atoms with van der Waals surface area (Å²) in [5.41, 5.74) is 7.19. The first kappa shape index (κ1) is 52.5. The number of hydrogen-bond acceptors (Lipinski definition) is 7. The maximum absolute atomic E-state index is 16.1. The minimum absolute atomic E-state index is 0.128. The molecule has 352 valence electrons. The van der Waals surface area contributed by atoms with Gasteiger partial charge >= 0.3 is 0 Å². The second-order valence-electron chi connectivity index (χ2n) is 19.8. The summed E-state index contributed by atoms with van der Waals surface area (Å²) in [4.78, 5) is 0. The van der Waals surface area contributed by atoms with Crippen molar-refractivity contribution in [2.45, 2.75) is 176 Å². The first-order chi connectivity index (χ1) is 30.0. The molecule has 0 bridgehead atoms. The molecular formula is C55H83FO7. The topological polar surface area (TPSA) is 109 Å². The van der Waals surface area contributed by atoms with Crippen molar-refractivity contribution in [3.05, 3.63) is 88.8 Å². The predicted molar refractivity (Wildman–Crippen MR) is 257 cm³/mol. The van der Waals surface area contributed by atoms with Crippen LogP contribution in [-0.2, 0) is 28.7 Å². The zero-order valence-corrected chi connectivity index (χ0v) is 40.3. The summed E-state index contributed by atoms with van der Waals surface area (Å²) in [6, 6.07) is 16.5. The molecule has 63 heavy (non-hydrogen) atoms. The van der Waals surface area contributed by atoms with Crippen LogP contribution in [0.1, 0.15) is 167 Å². The van der Waals surface area contributed by atoms with Gasteiger partial charge in [-0.3, -0.25) is 0 Å². The Morgan fingerprint density at radius 2 is 1.40 bits per heavy atom. The van der Waals surface area contributed by atoms with Gasteiger partial charge < -0.3 is 34.6 Å². The monoisotopic (exact) mass is 875 g/mol. The molecule has 2 atom stereocenters. The van der Waals surface area contributed by atoms with E-state index in [9.17, 15) is 20.4 Å². The third-order valence-corrected chi connectivity index (χ3v) is 13.9. The lowest BCUT2D eigenvalue weighted by Gasteiger charge is -2.36. The minimum Gasteiger partial charge on any atom is -0.493 e. The molecule has 3 aromatic rings. The van der Waals surface area contributed by atoms with Gasteiger partial charge in [0.05, 0.1) is 33.0 Å². The first-order valence-electron chi connectivity index (χ1n) is 24.3. The van der Waals surface area contributed by atoms with Crippen molar-refractivity contribution < 1.29 is 39.0 Å². The largest absolute Gasteiger partial charge is 0.493 e. The molecule has 0 saturated heterocycles. The van der Waals surface area contributed by atoms with Crippen molar-refractivity contribution in [2.24, 2.45) is 16.7 Å². The summed E-state index contributed by atoms with van der Waals surface area (Å²) >= 11 is 0. The molecule has 0 spiro atoms. The molecule has 0 amide bonds. The molecule has 0 radical (unpaired) electrons. The molecule has 3 aromatic carbocycles. The van der Waals surface area contributed by atoms with Crippen LogP contribution < -0.4 is 4.74 Å². The van der Waals surface area contributed by atoms with E-state index in [4.69, 9.17) is 14.2 Å². The molecule has 1 aliphatic carbocycles. The Morgan fingerprint density at radius 1 is 0.762 bits per heavy atom. The highest BCUT2D eigenvalue weighted by atomic mass is 19.1. The van der Waals surface area contributed by atoms with Gasteiger partial charge in [0.15, 0.2) is 12.1 Å². The Bertz CT molecular complexity index is 1850. The zero-order chi connectivity index (χ0) is 46.2. The van der Waals surface area contributed by atoms with Crippen LogP contribution in [0.3, 0.4) is 0 Å². The fourth-order valence-electron chi connectivity index (χ4n) is 9.03. The summed E-state index contributed by atoms with van der Waals surface area (Å²) in [5.74, 6) is 0.507. The van der Waals surface area contributed by atoms with Gasteiger partial charge in [0.1, 0.15) is 11.6 Å². The molecule has 1 saturated carbocycles. The van der Waals surface area contributed by atoms with E-state index in [0.29, 0.717) is 75.4 Å². The fourth-order valence-corrected chi connectivity index (χ4v) is 9.03. The van der Waals surface area contributed by atoms with Gasteiger partial charge in [0, 0.05) is 16.4 Å². The van der Waals surface area contributed by atoms with Crippen LogP contribution in [0.4, 0.5) is 4.39 Å². The molecule has 8 heteroatoms. The van der Waals surface area contributed by atoms with Crippen molar-refractivity contribution >= 4 is 0 Å². The summed E-state index contributed by atoms with van der Waals surface area (Å²) in [6.07, 6.45) is 14.1. The van der Waals surface area contributed by atoms with Gasteiger partial charge in [-0.1, -0.05) is 111 Å². The SMILES string of the molecule is C=C(C)C(O)OCCCc1cc(-c2ccc(-c3ccc(C4CCC(CCCCC)CC4)cc3F)cc2CC)cc(CCCOC(C)(O)C(C)(C)C)c1OCCC(CO)(CO)CCC. The van der Waals surface area contributed by atoms with Gasteiger partial charge in [-0.25, -0.2) is 4.39 Å². The van der Waals surface area contributed by atoms with Crippen LogP contribution in [0.25, 0.3) is 22.3 Å². The number of unbranched alkanes of at least 4 members (excludes halogenated alkanes) is 2. The van der Waals surface area contributed by atoms with Crippen LogP contribution in [0.15, 0.2) is 60.7 Å². The first-order valence-corrected chi connectivity index (χ1v) is 24.3. The van der Waals surface area contributed by atoms with Crippen molar-refractivity contribution in [2.75, 3.05) is 33.0 Å². The van der Waals surface area contributed by atoms with Gasteiger partial charge in [0.25, 0.3) is 0 Å². The summed E-state index contributed by atoms with van der Waals surface area (Å²) in [7, 11) is 0. The van der Waals surface area contributed by atoms with Gasteiger partial charge in [0.2, 0.25) is 0 Å². The van der Waals surface area contributed by atoms with Crippen molar-refractivity contribution in [1.29, 1.82) is 0 Å². The number of ether oxygens (including phenoxy) is 3. The number of rotatable bonds is 27. The third kappa shape index (κ3) is 15.0. The highest BCUT2D eigenvalue weighted by Crippen LogP contribution is 2.41. The van der Waals surface area contributed by atoms with Crippen LogP contribution in [0, 0.1) is 22.6 Å². The van der Waals surface area contributed by atoms with E-state index in [1.807, 2.05) is 39.8 Å². The average molecular weight is 875 g/mol. The number of aliphatic hydroxyl groups excluding tert-OH is 3. The molecule has 4 N–H and O–H groups in total. The second kappa shape index (κ2) is 25.0. The van der Waals surface area contributed by atoms with Crippen LogP contribution in [0.5, 0.6) is 5.75 Å². The quantitative estimate of drug-likeness (QED) is 0.0343. The standard InChI is InChI=1S/C55H83FO7/c1-10-13-14-17-40-20-22-42(23-21-40)43-24-27-49(50(56)36-43)44-25-26-48(41(12-3)33-44)47-34-45(18-15-30-62-52(59)39(4)5)51(61-32-29-55(37-57,38-58)28-11-2)46(35-47)19-16-31-63-54(9,60)53(6,7)8/h24-27,33-36,40,42,52,57-60H,4,10-23,28-32,37-38H2,1-3,5-9H3. The predicted octanol–water partition coefficient (Wildman–Crippen LogP) is 12.7. The number of benzene rings is 3. The van der Waals surface area contributed by atoms with E-state index in [-0.39, 0.29) is 19.0 Å². The lowest BCUT2D eigenvalue weighted by atomic mass is 9.77. The highest BCUT2D eigenvalue weighted by molar-refractivity contribution is 5.76. The maximum atomic E-state index is 16.1. The number of halogens is 1. The van der Waals surface area contributed by atoms with E-state index in [0.717, 1.165) is 76.3 Å². The Hall–Kier alpha value is -3.11. The fraction of sp³-hybridized carbons (Fsp3) is 0.636. The number of aliphatic hydroxyl groups is 4. The molecule has 0 heterocycles. The van der Waals surface area contributed by atoms with Crippen LogP contribution >= 0.6 is 0 Å². The molecule has 0 aliphatic heterocycles. The van der Waals surface area contributed by atoms with Crippen molar-refractivity contribution in [3.63, 3.8) is 0 Å². The summed E-state index contributed by atoms with van der Waals surface area (Å²) in [6.45, 7) is 20.2. The third-order valence-electron chi connectivity index (χ3n) is 13.9. The smallest absolute Gasteiger partial charge is 0.176 e. The molecule has 1 fully saturated rings. The van der Waals surface area contributed by atoms with Crippen LogP contribution in [0.2, 0.25) is 0 Å². The Balaban J connectivity index is 1.69. The van der Waals surface area contributed by atoms with E-state index in [1.165, 1.54) is 38.5 Å². The normalized spacial score (nSPS) is 17.4.